The van der Waals surface area contributed by atoms with Gasteiger partial charge in [0.05, 0.1) is 10.9 Å². The highest BCUT2D eigenvalue weighted by molar-refractivity contribution is 7.94. The highest BCUT2D eigenvalue weighted by Gasteiger charge is 2.63. The van der Waals surface area contributed by atoms with E-state index in [1.165, 1.54) is 24.3 Å². The number of amides is 1. The molecule has 0 radical (unpaired) electrons. The lowest BCUT2D eigenvalue weighted by Crippen LogP contribution is -2.50. The molecule has 0 N–H and O–H groups in total. The maximum atomic E-state index is 14.1. The fraction of sp³-hybridized carbons (Fsp3) is 0.519. The predicted molar refractivity (Wildman–Crippen MR) is 132 cm³/mol. The van der Waals surface area contributed by atoms with Gasteiger partial charge in [0.25, 0.3) is 0 Å². The van der Waals surface area contributed by atoms with Crippen LogP contribution in [0.25, 0.3) is 0 Å². The maximum Gasteiger partial charge on any atom is 0.244 e. The molecule has 0 bridgehead atoms. The molecule has 0 unspecified atom stereocenters. The van der Waals surface area contributed by atoms with Crippen molar-refractivity contribution in [3.05, 3.63) is 65.7 Å². The Hall–Kier alpha value is -2.39. The molecule has 2 aromatic rings. The van der Waals surface area contributed by atoms with Crippen molar-refractivity contribution in [2.75, 3.05) is 26.2 Å². The smallest absolute Gasteiger partial charge is 0.244 e. The summed E-state index contributed by atoms with van der Waals surface area (Å²) in [7, 11) is -4.07. The molecule has 0 aromatic heterocycles. The molecule has 1 aliphatic carbocycles. The van der Waals surface area contributed by atoms with Crippen molar-refractivity contribution >= 4 is 15.7 Å². The molecule has 1 saturated heterocycles. The minimum Gasteiger partial charge on any atom is -0.333 e. The third-order valence-electron chi connectivity index (χ3n) is 7.35. The molecule has 2 aromatic carbocycles. The quantitative estimate of drug-likeness (QED) is 0.438. The molecule has 2 aliphatic rings. The Bertz CT molecular complexity index is 1160. The summed E-state index contributed by atoms with van der Waals surface area (Å²) in [5.41, 5.74) is 0.720. The number of benzene rings is 2. The Labute approximate surface area is 211 Å². The maximum absolute atomic E-state index is 14.1. The molecule has 5 nitrogen and oxygen atoms in total. The molecule has 1 amide bonds. The third kappa shape index (κ3) is 5.32. The summed E-state index contributed by atoms with van der Waals surface area (Å²) >= 11 is 0. The van der Waals surface area contributed by atoms with Crippen LogP contribution in [0.5, 0.6) is 0 Å². The largest absolute Gasteiger partial charge is 0.333 e. The van der Waals surface area contributed by atoms with E-state index in [0.29, 0.717) is 32.5 Å². The van der Waals surface area contributed by atoms with E-state index in [1.807, 2.05) is 13.8 Å². The Morgan fingerprint density at radius 2 is 1.53 bits per heavy atom. The van der Waals surface area contributed by atoms with Crippen LogP contribution in [0.4, 0.5) is 13.2 Å². The summed E-state index contributed by atoms with van der Waals surface area (Å²) in [5, 5.41) is 0. The standard InChI is InChI=1S/C27H33F3N2O3S/c1-19(2)25(20-3-5-21(28)6-4-20)32(18-17-31-15-11-23(30)12-16-31)26(33)27(13-14-27)36(34,35)24-9-7-22(29)8-10-24/h3-10,19,23,25H,11-18H2,1-2H3/t25-/m0/s1. The van der Waals surface area contributed by atoms with Crippen LogP contribution >= 0.6 is 0 Å². The number of alkyl halides is 1. The fourth-order valence-corrected chi connectivity index (χ4v) is 7.07. The zero-order valence-corrected chi connectivity index (χ0v) is 21.5. The first-order valence-electron chi connectivity index (χ1n) is 12.5. The van der Waals surface area contributed by atoms with Crippen LogP contribution in [0.3, 0.4) is 0 Å². The van der Waals surface area contributed by atoms with Gasteiger partial charge in [0, 0.05) is 26.2 Å². The lowest BCUT2D eigenvalue weighted by molar-refractivity contribution is -0.135. The molecule has 1 heterocycles. The number of sulfone groups is 1. The topological polar surface area (TPSA) is 57.7 Å². The number of halogens is 3. The third-order valence-corrected chi connectivity index (χ3v) is 9.85. The summed E-state index contributed by atoms with van der Waals surface area (Å²) in [6.45, 7) is 5.77. The average Bonchev–Trinajstić information content (AvgIpc) is 3.66. The Balaban J connectivity index is 1.68. The Morgan fingerprint density at radius 1 is 1.00 bits per heavy atom. The molecule has 36 heavy (non-hydrogen) atoms. The lowest BCUT2D eigenvalue weighted by Gasteiger charge is -2.39. The van der Waals surface area contributed by atoms with Crippen LogP contribution < -0.4 is 0 Å². The van der Waals surface area contributed by atoms with Crippen LogP contribution in [0.1, 0.15) is 51.1 Å². The molecular formula is C27H33F3N2O3S. The second-order valence-electron chi connectivity index (χ2n) is 10.2. The minimum absolute atomic E-state index is 0.0809. The van der Waals surface area contributed by atoms with Crippen LogP contribution in [0.15, 0.2) is 53.4 Å². The monoisotopic (exact) mass is 522 g/mol. The first kappa shape index (κ1) is 26.7. The van der Waals surface area contributed by atoms with E-state index in [0.717, 1.165) is 17.7 Å². The van der Waals surface area contributed by atoms with Gasteiger partial charge in [-0.1, -0.05) is 26.0 Å². The van der Waals surface area contributed by atoms with Gasteiger partial charge < -0.3 is 9.80 Å². The first-order chi connectivity index (χ1) is 17.0. The number of hydrogen-bond acceptors (Lipinski definition) is 4. The summed E-state index contributed by atoms with van der Waals surface area (Å²) in [5.74, 6) is -1.53. The number of likely N-dealkylation sites (tertiary alicyclic amines) is 1. The van der Waals surface area contributed by atoms with Gasteiger partial charge in [-0.3, -0.25) is 4.79 Å². The van der Waals surface area contributed by atoms with Crippen LogP contribution in [0, 0.1) is 17.6 Å². The Morgan fingerprint density at radius 3 is 2.03 bits per heavy atom. The van der Waals surface area contributed by atoms with E-state index in [-0.39, 0.29) is 30.2 Å². The molecule has 196 valence electrons. The number of carbonyl (C=O) groups excluding carboxylic acids is 1. The number of nitrogens with zero attached hydrogens (tertiary/aromatic N) is 2. The van der Waals surface area contributed by atoms with Crippen molar-refractivity contribution in [2.45, 2.75) is 61.4 Å². The van der Waals surface area contributed by atoms with Gasteiger partial charge in [-0.25, -0.2) is 21.6 Å². The van der Waals surface area contributed by atoms with E-state index in [9.17, 15) is 26.4 Å². The first-order valence-corrected chi connectivity index (χ1v) is 14.0. The molecule has 1 aliphatic heterocycles. The second kappa shape index (κ2) is 10.5. The summed E-state index contributed by atoms with van der Waals surface area (Å²) < 4.78 is 66.4. The zero-order chi connectivity index (χ0) is 26.1. The van der Waals surface area contributed by atoms with Crippen molar-refractivity contribution in [3.8, 4) is 0 Å². The molecule has 1 saturated carbocycles. The fourth-order valence-electron chi connectivity index (χ4n) is 5.14. The van der Waals surface area contributed by atoms with Gasteiger partial charge in [0.2, 0.25) is 5.91 Å². The SMILES string of the molecule is CC(C)[C@@H](c1ccc(F)cc1)N(CCN1CCC(F)CC1)C(=O)C1(S(=O)(=O)c2ccc(F)cc2)CC1. The molecular weight excluding hydrogens is 489 g/mol. The van der Waals surface area contributed by atoms with Gasteiger partial charge >= 0.3 is 0 Å². The van der Waals surface area contributed by atoms with Crippen LogP contribution in [-0.4, -0.2) is 61.2 Å². The van der Waals surface area contributed by atoms with Crippen molar-refractivity contribution in [1.29, 1.82) is 0 Å². The molecule has 9 heteroatoms. The van der Waals surface area contributed by atoms with Gasteiger partial charge in [-0.2, -0.15) is 0 Å². The number of rotatable bonds is 9. The lowest BCUT2D eigenvalue weighted by atomic mass is 9.93. The summed E-state index contributed by atoms with van der Waals surface area (Å²) in [4.78, 5) is 17.8. The van der Waals surface area contributed by atoms with Crippen molar-refractivity contribution in [2.24, 2.45) is 5.92 Å². The highest BCUT2D eigenvalue weighted by Crippen LogP contribution is 2.49. The van der Waals surface area contributed by atoms with E-state index in [1.54, 1.807) is 17.0 Å². The minimum atomic E-state index is -4.07. The van der Waals surface area contributed by atoms with Gasteiger partial charge in [0.1, 0.15) is 17.8 Å². The average molecular weight is 523 g/mol. The van der Waals surface area contributed by atoms with Crippen LogP contribution in [-0.2, 0) is 14.6 Å². The number of hydrogen-bond donors (Lipinski definition) is 0. The van der Waals surface area contributed by atoms with Gasteiger partial charge in [0.15, 0.2) is 14.6 Å². The van der Waals surface area contributed by atoms with Gasteiger partial charge in [-0.15, -0.1) is 0 Å². The number of piperidine rings is 1. The van der Waals surface area contributed by atoms with E-state index in [4.69, 9.17) is 0 Å². The van der Waals surface area contributed by atoms with E-state index >= 15 is 0 Å². The summed E-state index contributed by atoms with van der Waals surface area (Å²) in [6.07, 6.45) is 0.412. The predicted octanol–water partition coefficient (Wildman–Crippen LogP) is 4.93. The molecule has 4 rings (SSSR count). The van der Waals surface area contributed by atoms with Crippen molar-refractivity contribution < 1.29 is 26.4 Å². The van der Waals surface area contributed by atoms with Crippen molar-refractivity contribution in [3.63, 3.8) is 0 Å². The summed E-state index contributed by atoms with van der Waals surface area (Å²) in [6, 6.07) is 10.0. The number of carbonyl (C=O) groups is 1. The molecule has 2 fully saturated rings. The molecule has 1 atom stereocenters. The highest BCUT2D eigenvalue weighted by atomic mass is 32.2. The zero-order valence-electron chi connectivity index (χ0n) is 20.7. The Kier molecular flexibility index (Phi) is 7.80. The second-order valence-corrected chi connectivity index (χ2v) is 12.5. The van der Waals surface area contributed by atoms with Crippen molar-refractivity contribution in [1.82, 2.24) is 9.80 Å². The normalized spacial score (nSPS) is 19.3. The van der Waals surface area contributed by atoms with E-state index in [2.05, 4.69) is 4.90 Å². The van der Waals surface area contributed by atoms with Gasteiger partial charge in [-0.05, 0) is 73.6 Å². The van der Waals surface area contributed by atoms with E-state index < -0.39 is 44.3 Å². The molecule has 0 spiro atoms. The van der Waals surface area contributed by atoms with Crippen LogP contribution in [0.2, 0.25) is 0 Å².